The highest BCUT2D eigenvalue weighted by molar-refractivity contribution is 5.36. The average molecular weight is 312 g/mol. The lowest BCUT2D eigenvalue weighted by Gasteiger charge is -2.09. The second-order valence-electron chi connectivity index (χ2n) is 4.23. The summed E-state index contributed by atoms with van der Waals surface area (Å²) in [4.78, 5) is 0. The number of ether oxygens (including phenoxy) is 1. The molecule has 1 rings (SSSR count). The van der Waals surface area contributed by atoms with E-state index in [1.807, 2.05) is 48.6 Å². The third kappa shape index (κ3) is 13.9. The molecule has 0 spiro atoms. The van der Waals surface area contributed by atoms with Gasteiger partial charge in [-0.2, -0.15) is 0 Å². The highest BCUT2D eigenvalue weighted by Crippen LogP contribution is 2.21. The molecule has 0 radical (unpaired) electrons. The number of unbranched alkanes of at least 4 members (excludes halogenated alkanes) is 2. The molecule has 0 saturated heterocycles. The lowest BCUT2D eigenvalue weighted by atomic mass is 10.0. The third-order valence-corrected chi connectivity index (χ3v) is 2.81. The zero-order chi connectivity index (χ0) is 17.8. The fourth-order valence-electron chi connectivity index (χ4n) is 1.90. The molecule has 0 atom stereocenters. The first-order chi connectivity index (χ1) is 10.8. The maximum Gasteiger partial charge on any atom is 0.122 e. The van der Waals surface area contributed by atoms with Crippen LogP contribution in [0.1, 0.15) is 71.9 Å². The Hall–Kier alpha value is -1.02. The van der Waals surface area contributed by atoms with E-state index >= 15 is 0 Å². The van der Waals surface area contributed by atoms with Crippen molar-refractivity contribution in [2.75, 3.05) is 20.7 Å². The van der Waals surface area contributed by atoms with Crippen LogP contribution < -0.4 is 10.1 Å². The molecule has 132 valence electrons. The molecule has 2 nitrogen and oxygen atoms in total. The van der Waals surface area contributed by atoms with Gasteiger partial charge in [-0.1, -0.05) is 65.7 Å². The Morgan fingerprint density at radius 3 is 2.00 bits per heavy atom. The molecule has 0 aliphatic heterocycles. The van der Waals surface area contributed by atoms with E-state index in [2.05, 4.69) is 30.4 Å². The Morgan fingerprint density at radius 2 is 1.50 bits per heavy atom. The second-order valence-corrected chi connectivity index (χ2v) is 4.23. The monoisotopic (exact) mass is 311 g/mol. The zero-order valence-corrected chi connectivity index (χ0v) is 16.7. The van der Waals surface area contributed by atoms with Crippen LogP contribution in [0, 0.1) is 6.92 Å². The van der Waals surface area contributed by atoms with E-state index in [4.69, 9.17) is 4.74 Å². The van der Waals surface area contributed by atoms with Crippen LogP contribution in [0.25, 0.3) is 0 Å². The minimum Gasteiger partial charge on any atom is -0.496 e. The molecule has 0 heterocycles. The first-order valence-electron chi connectivity index (χ1n) is 9.06. The van der Waals surface area contributed by atoms with Crippen molar-refractivity contribution in [3.63, 3.8) is 0 Å². The van der Waals surface area contributed by atoms with Gasteiger partial charge in [0.15, 0.2) is 0 Å². The van der Waals surface area contributed by atoms with E-state index in [9.17, 15) is 0 Å². The molecule has 0 amide bonds. The van der Waals surface area contributed by atoms with Gasteiger partial charge < -0.3 is 10.1 Å². The van der Waals surface area contributed by atoms with E-state index in [1.54, 1.807) is 7.11 Å². The van der Waals surface area contributed by atoms with Crippen LogP contribution in [-0.4, -0.2) is 20.7 Å². The maximum atomic E-state index is 5.37. The summed E-state index contributed by atoms with van der Waals surface area (Å²) in [6.45, 7) is 15.2. The van der Waals surface area contributed by atoms with Crippen molar-refractivity contribution in [1.29, 1.82) is 0 Å². The van der Waals surface area contributed by atoms with Gasteiger partial charge in [0.1, 0.15) is 5.75 Å². The molecule has 0 aliphatic rings. The summed E-state index contributed by atoms with van der Waals surface area (Å²) in [5, 5.41) is 3.17. The number of hydrogen-bond acceptors (Lipinski definition) is 2. The number of aryl methyl sites for hydroxylation is 2. The Kier molecular flexibility index (Phi) is 26.2. The Bertz CT molecular complexity index is 311. The summed E-state index contributed by atoms with van der Waals surface area (Å²) >= 11 is 0. The predicted octanol–water partition coefficient (Wildman–Crippen LogP) is 6.01. The van der Waals surface area contributed by atoms with E-state index in [-0.39, 0.29) is 0 Å². The van der Waals surface area contributed by atoms with Crippen LogP contribution >= 0.6 is 0 Å². The smallest absolute Gasteiger partial charge is 0.122 e. The van der Waals surface area contributed by atoms with Gasteiger partial charge in [-0.25, -0.2) is 0 Å². The quantitative estimate of drug-likeness (QED) is 0.622. The summed E-state index contributed by atoms with van der Waals surface area (Å²) in [5.74, 6) is 1.03. The predicted molar refractivity (Wildman–Crippen MR) is 103 cm³/mol. The molecule has 1 N–H and O–H groups in total. The van der Waals surface area contributed by atoms with Gasteiger partial charge in [-0.3, -0.25) is 0 Å². The molecule has 0 bridgehead atoms. The fourth-order valence-corrected chi connectivity index (χ4v) is 1.90. The van der Waals surface area contributed by atoms with Crippen LogP contribution in [0.15, 0.2) is 18.2 Å². The van der Waals surface area contributed by atoms with Crippen molar-refractivity contribution in [3.05, 3.63) is 29.3 Å². The van der Waals surface area contributed by atoms with Gasteiger partial charge in [0.05, 0.1) is 7.11 Å². The molecule has 0 fully saturated rings. The molecule has 1 aromatic carbocycles. The molecule has 2 heteroatoms. The summed E-state index contributed by atoms with van der Waals surface area (Å²) < 4.78 is 5.37. The summed E-state index contributed by atoms with van der Waals surface area (Å²) in [6, 6.07) is 6.40. The van der Waals surface area contributed by atoms with Crippen molar-refractivity contribution in [1.82, 2.24) is 5.32 Å². The summed E-state index contributed by atoms with van der Waals surface area (Å²) in [5.41, 5.74) is 2.65. The maximum absolute atomic E-state index is 5.37. The average Bonchev–Trinajstić information content (AvgIpc) is 2.60. The molecule has 0 unspecified atom stereocenters. The standard InChI is InChI=1S/C14H23NO.3C2H6/c1-12-8-9-14(16-3)13(11-12)7-5-4-6-10-15-2;3*1-2/h8-9,11,15H,4-7,10H2,1-3H3;3*1-2H3. The first-order valence-corrected chi connectivity index (χ1v) is 9.06. The van der Waals surface area contributed by atoms with Gasteiger partial charge in [0.2, 0.25) is 0 Å². The van der Waals surface area contributed by atoms with Crippen LogP contribution in [0.4, 0.5) is 0 Å². The number of benzene rings is 1. The van der Waals surface area contributed by atoms with Gasteiger partial charge in [0, 0.05) is 0 Å². The normalized spacial score (nSPS) is 8.41. The highest BCUT2D eigenvalue weighted by atomic mass is 16.5. The van der Waals surface area contributed by atoms with E-state index in [0.29, 0.717) is 0 Å². The Balaban J connectivity index is -0.000000535. The molecule has 0 aromatic heterocycles. The van der Waals surface area contributed by atoms with Crippen LogP contribution in [0.5, 0.6) is 5.75 Å². The molecule has 22 heavy (non-hydrogen) atoms. The SMILES string of the molecule is CC.CC.CC.CNCCCCCc1cc(C)ccc1OC. The second kappa shape index (κ2) is 22.3. The highest BCUT2D eigenvalue weighted by Gasteiger charge is 2.02. The molecule has 0 saturated carbocycles. The van der Waals surface area contributed by atoms with Crippen molar-refractivity contribution in [2.24, 2.45) is 0 Å². The van der Waals surface area contributed by atoms with Crippen molar-refractivity contribution >= 4 is 0 Å². The van der Waals surface area contributed by atoms with Crippen LogP contribution in [-0.2, 0) is 6.42 Å². The topological polar surface area (TPSA) is 21.3 Å². The number of methoxy groups -OCH3 is 1. The van der Waals surface area contributed by atoms with Crippen LogP contribution in [0.3, 0.4) is 0 Å². The molecule has 1 aromatic rings. The van der Waals surface area contributed by atoms with Crippen molar-refractivity contribution < 1.29 is 4.74 Å². The number of hydrogen-bond donors (Lipinski definition) is 1. The minimum absolute atomic E-state index is 1.03. The number of nitrogens with one attached hydrogen (secondary N) is 1. The molecule has 0 aliphatic carbocycles. The van der Waals surface area contributed by atoms with Crippen molar-refractivity contribution in [3.8, 4) is 5.75 Å². The molecular formula is C20H41NO. The van der Waals surface area contributed by atoms with E-state index < -0.39 is 0 Å². The van der Waals surface area contributed by atoms with Crippen LogP contribution in [0.2, 0.25) is 0 Å². The third-order valence-electron chi connectivity index (χ3n) is 2.81. The Labute approximate surface area is 140 Å². The minimum atomic E-state index is 1.03. The van der Waals surface area contributed by atoms with Gasteiger partial charge in [-0.05, 0) is 51.4 Å². The summed E-state index contributed by atoms with van der Waals surface area (Å²) in [7, 11) is 3.75. The Morgan fingerprint density at radius 1 is 0.909 bits per heavy atom. The zero-order valence-electron chi connectivity index (χ0n) is 16.7. The van der Waals surface area contributed by atoms with E-state index in [0.717, 1.165) is 18.7 Å². The largest absolute Gasteiger partial charge is 0.496 e. The lowest BCUT2D eigenvalue weighted by Crippen LogP contribution is -2.07. The fraction of sp³-hybridized carbons (Fsp3) is 0.700. The van der Waals surface area contributed by atoms with Crippen molar-refractivity contribution in [2.45, 2.75) is 74.1 Å². The van der Waals surface area contributed by atoms with Gasteiger partial charge >= 0.3 is 0 Å². The van der Waals surface area contributed by atoms with Gasteiger partial charge in [-0.15, -0.1) is 0 Å². The van der Waals surface area contributed by atoms with Gasteiger partial charge in [0.25, 0.3) is 0 Å². The lowest BCUT2D eigenvalue weighted by molar-refractivity contribution is 0.408. The molecular weight excluding hydrogens is 270 g/mol. The summed E-state index contributed by atoms with van der Waals surface area (Å²) in [6.07, 6.45) is 4.89. The number of rotatable bonds is 7. The first kappa shape index (κ1) is 25.9. The van der Waals surface area contributed by atoms with E-state index in [1.165, 1.54) is 30.4 Å².